The van der Waals surface area contributed by atoms with Gasteiger partial charge in [-0.05, 0) is 31.5 Å². The Balaban J connectivity index is 2.07. The van der Waals surface area contributed by atoms with Crippen molar-refractivity contribution in [2.75, 3.05) is 11.9 Å². The number of hydrogen-bond donors (Lipinski definition) is 3. The number of carbonyl (C=O) groups is 1. The number of hydrogen-bond acceptors (Lipinski definition) is 4. The second-order valence-electron chi connectivity index (χ2n) is 6.06. The number of amides is 1. The molecule has 0 aromatic heterocycles. The lowest BCUT2D eigenvalue weighted by atomic mass is 9.94. The van der Waals surface area contributed by atoms with Crippen LogP contribution in [0.1, 0.15) is 32.8 Å². The molecule has 4 N–H and O–H groups in total. The summed E-state index contributed by atoms with van der Waals surface area (Å²) in [5.74, 6) is 0.121. The summed E-state index contributed by atoms with van der Waals surface area (Å²) in [5, 5.41) is 7.45. The molecule has 0 saturated carbocycles. The van der Waals surface area contributed by atoms with Crippen LogP contribution in [-0.2, 0) is 4.79 Å². The van der Waals surface area contributed by atoms with Crippen LogP contribution in [0.5, 0.6) is 0 Å². The van der Waals surface area contributed by atoms with E-state index in [-0.39, 0.29) is 17.4 Å². The van der Waals surface area contributed by atoms with Crippen LogP contribution in [0.25, 0.3) is 0 Å². The van der Waals surface area contributed by atoms with Crippen molar-refractivity contribution in [2.45, 2.75) is 32.7 Å². The lowest BCUT2D eigenvalue weighted by molar-refractivity contribution is -0.121. The van der Waals surface area contributed by atoms with Gasteiger partial charge in [0.15, 0.2) is 0 Å². The number of rotatable bonds is 4. The molecule has 5 heteroatoms. The molecule has 0 spiro atoms. The zero-order valence-corrected chi connectivity index (χ0v) is 12.2. The van der Waals surface area contributed by atoms with Crippen molar-refractivity contribution in [1.29, 1.82) is 0 Å². The van der Waals surface area contributed by atoms with Gasteiger partial charge in [-0.15, -0.1) is 0 Å². The lowest BCUT2D eigenvalue weighted by Crippen LogP contribution is -2.39. The van der Waals surface area contributed by atoms with Gasteiger partial charge in [-0.2, -0.15) is 5.10 Å². The highest BCUT2D eigenvalue weighted by Crippen LogP contribution is 2.18. The Hall–Kier alpha value is -1.88. The summed E-state index contributed by atoms with van der Waals surface area (Å²) in [6, 6.07) is 8.04. The minimum Gasteiger partial charge on any atom is -0.383 e. The molecular weight excluding hydrogens is 252 g/mol. The smallest absolute Gasteiger partial charge is 0.240 e. The van der Waals surface area contributed by atoms with E-state index >= 15 is 0 Å². The summed E-state index contributed by atoms with van der Waals surface area (Å²) in [6.45, 7) is 6.69. The molecule has 1 aliphatic heterocycles. The molecule has 1 aromatic carbocycles. The van der Waals surface area contributed by atoms with E-state index < -0.39 is 0 Å². The maximum atomic E-state index is 11.2. The second kappa shape index (κ2) is 5.63. The fourth-order valence-electron chi connectivity index (χ4n) is 2.09. The SMILES string of the molecule is CC1CC(=O)NN=C1c1ccc(NCC(C)(C)N)cc1. The second-order valence-corrected chi connectivity index (χ2v) is 6.06. The highest BCUT2D eigenvalue weighted by Gasteiger charge is 2.21. The minimum absolute atomic E-state index is 0.0234. The number of carbonyl (C=O) groups excluding carboxylic acids is 1. The van der Waals surface area contributed by atoms with E-state index in [1.165, 1.54) is 0 Å². The summed E-state index contributed by atoms with van der Waals surface area (Å²) >= 11 is 0. The van der Waals surface area contributed by atoms with Gasteiger partial charge < -0.3 is 11.1 Å². The lowest BCUT2D eigenvalue weighted by Gasteiger charge is -2.21. The molecular formula is C15H22N4O. The van der Waals surface area contributed by atoms with Crippen molar-refractivity contribution in [3.8, 4) is 0 Å². The van der Waals surface area contributed by atoms with Crippen molar-refractivity contribution >= 4 is 17.3 Å². The van der Waals surface area contributed by atoms with Gasteiger partial charge in [0, 0.05) is 30.1 Å². The highest BCUT2D eigenvalue weighted by molar-refractivity contribution is 6.05. The number of benzene rings is 1. The van der Waals surface area contributed by atoms with Gasteiger partial charge in [-0.1, -0.05) is 19.1 Å². The predicted molar refractivity (Wildman–Crippen MR) is 81.7 cm³/mol. The molecule has 1 aliphatic rings. The van der Waals surface area contributed by atoms with Crippen LogP contribution in [0.3, 0.4) is 0 Å². The zero-order chi connectivity index (χ0) is 14.8. The largest absolute Gasteiger partial charge is 0.383 e. The Morgan fingerprint density at radius 3 is 2.60 bits per heavy atom. The number of hydrazone groups is 1. The molecule has 20 heavy (non-hydrogen) atoms. The molecule has 0 bridgehead atoms. The third-order valence-corrected chi connectivity index (χ3v) is 3.19. The van der Waals surface area contributed by atoms with Gasteiger partial charge in [0.25, 0.3) is 0 Å². The molecule has 0 aliphatic carbocycles. The summed E-state index contributed by atoms with van der Waals surface area (Å²) < 4.78 is 0. The van der Waals surface area contributed by atoms with E-state index in [9.17, 15) is 4.79 Å². The maximum absolute atomic E-state index is 11.2. The monoisotopic (exact) mass is 274 g/mol. The number of nitrogens with zero attached hydrogens (tertiary/aromatic N) is 1. The molecule has 1 unspecified atom stereocenters. The summed E-state index contributed by atoms with van der Waals surface area (Å²) in [7, 11) is 0. The first-order chi connectivity index (χ1) is 9.35. The molecule has 0 radical (unpaired) electrons. The van der Waals surface area contributed by atoms with Crippen LogP contribution >= 0.6 is 0 Å². The van der Waals surface area contributed by atoms with E-state index in [1.54, 1.807) is 0 Å². The Morgan fingerprint density at radius 1 is 1.40 bits per heavy atom. The first-order valence-corrected chi connectivity index (χ1v) is 6.85. The van der Waals surface area contributed by atoms with Crippen molar-refractivity contribution in [3.63, 3.8) is 0 Å². The van der Waals surface area contributed by atoms with Crippen molar-refractivity contribution in [3.05, 3.63) is 29.8 Å². The zero-order valence-electron chi connectivity index (χ0n) is 12.2. The first kappa shape index (κ1) is 14.5. The van der Waals surface area contributed by atoms with E-state index in [0.29, 0.717) is 13.0 Å². The summed E-state index contributed by atoms with van der Waals surface area (Å²) in [6.07, 6.45) is 0.486. The van der Waals surface area contributed by atoms with Crippen LogP contribution in [0, 0.1) is 5.92 Å². The van der Waals surface area contributed by atoms with E-state index in [4.69, 9.17) is 5.73 Å². The van der Waals surface area contributed by atoms with Crippen LogP contribution in [0.4, 0.5) is 5.69 Å². The molecule has 5 nitrogen and oxygen atoms in total. The Kier molecular flexibility index (Phi) is 4.09. The Bertz CT molecular complexity index is 514. The highest BCUT2D eigenvalue weighted by atomic mass is 16.2. The average Bonchev–Trinajstić information content (AvgIpc) is 2.36. The van der Waals surface area contributed by atoms with E-state index in [2.05, 4.69) is 15.8 Å². The van der Waals surface area contributed by atoms with Crippen molar-refractivity contribution < 1.29 is 4.79 Å². The third-order valence-electron chi connectivity index (χ3n) is 3.19. The molecule has 1 amide bonds. The van der Waals surface area contributed by atoms with Crippen molar-refractivity contribution in [2.24, 2.45) is 16.8 Å². The van der Waals surface area contributed by atoms with Crippen LogP contribution in [0.2, 0.25) is 0 Å². The fraction of sp³-hybridized carbons (Fsp3) is 0.467. The molecule has 108 valence electrons. The molecule has 0 fully saturated rings. The summed E-state index contributed by atoms with van der Waals surface area (Å²) in [5.41, 5.74) is 11.2. The van der Waals surface area contributed by atoms with E-state index in [1.807, 2.05) is 45.0 Å². The quantitative estimate of drug-likeness (QED) is 0.781. The molecule has 2 rings (SSSR count). The molecule has 0 saturated heterocycles. The van der Waals surface area contributed by atoms with Gasteiger partial charge in [0.2, 0.25) is 5.91 Å². The minimum atomic E-state index is -0.245. The standard InChI is InChI=1S/C15H22N4O/c1-10-8-13(20)18-19-14(10)11-4-6-12(7-5-11)17-9-15(2,3)16/h4-7,10,17H,8-9,16H2,1-3H3,(H,18,20). The average molecular weight is 274 g/mol. The van der Waals surface area contributed by atoms with Gasteiger partial charge in [-0.3, -0.25) is 4.79 Å². The molecule has 1 atom stereocenters. The Morgan fingerprint density at radius 2 is 2.05 bits per heavy atom. The number of nitrogens with two attached hydrogens (primary N) is 1. The Labute approximate surface area is 119 Å². The summed E-state index contributed by atoms with van der Waals surface area (Å²) in [4.78, 5) is 11.2. The number of anilines is 1. The maximum Gasteiger partial charge on any atom is 0.240 e. The molecule has 1 aromatic rings. The van der Waals surface area contributed by atoms with Crippen molar-refractivity contribution in [1.82, 2.24) is 5.43 Å². The van der Waals surface area contributed by atoms with Crippen LogP contribution in [-0.4, -0.2) is 23.7 Å². The van der Waals surface area contributed by atoms with Gasteiger partial charge in [0.1, 0.15) is 0 Å². The van der Waals surface area contributed by atoms with E-state index in [0.717, 1.165) is 17.0 Å². The van der Waals surface area contributed by atoms with Crippen LogP contribution < -0.4 is 16.5 Å². The van der Waals surface area contributed by atoms with Crippen LogP contribution in [0.15, 0.2) is 29.4 Å². The van der Waals surface area contributed by atoms with Gasteiger partial charge in [-0.25, -0.2) is 5.43 Å². The predicted octanol–water partition coefficient (Wildman–Crippen LogP) is 1.70. The number of nitrogens with one attached hydrogen (secondary N) is 2. The first-order valence-electron chi connectivity index (χ1n) is 6.85. The topological polar surface area (TPSA) is 79.5 Å². The van der Waals surface area contributed by atoms with Gasteiger partial charge >= 0.3 is 0 Å². The normalized spacial score (nSPS) is 19.3. The third kappa shape index (κ3) is 3.81. The molecule has 1 heterocycles. The van der Waals surface area contributed by atoms with Gasteiger partial charge in [0.05, 0.1) is 5.71 Å². The fourth-order valence-corrected chi connectivity index (χ4v) is 2.09.